The standard InChI is InChI=1S/C11H12ClN3O2/c1-14(2)6-8-10(11(16)17)13-9-4-3-7(12)5-15(8)9/h3-5H,6H2,1-2H3,(H,16,17). The van der Waals surface area contributed by atoms with Gasteiger partial charge in [0.25, 0.3) is 0 Å². The minimum Gasteiger partial charge on any atom is -0.543 e. The highest BCUT2D eigenvalue weighted by molar-refractivity contribution is 6.30. The molecule has 0 aliphatic heterocycles. The predicted molar refractivity (Wildman–Crippen MR) is 61.0 cm³/mol. The molecule has 0 atom stereocenters. The Bertz CT molecular complexity index is 577. The van der Waals surface area contributed by atoms with E-state index in [0.717, 1.165) is 4.90 Å². The lowest BCUT2D eigenvalue weighted by atomic mass is 10.3. The average molecular weight is 254 g/mol. The molecule has 2 heterocycles. The van der Waals surface area contributed by atoms with Gasteiger partial charge in [-0.2, -0.15) is 0 Å². The van der Waals surface area contributed by atoms with E-state index in [0.29, 0.717) is 22.9 Å². The molecule has 1 N–H and O–H groups in total. The molecular formula is C11H12ClN3O2. The van der Waals surface area contributed by atoms with Crippen LogP contribution in [0.4, 0.5) is 0 Å². The van der Waals surface area contributed by atoms with Crippen LogP contribution in [0.15, 0.2) is 18.3 Å². The molecule has 0 unspecified atom stereocenters. The van der Waals surface area contributed by atoms with Crippen molar-refractivity contribution >= 4 is 23.2 Å². The number of pyridine rings is 1. The molecule has 0 amide bonds. The van der Waals surface area contributed by atoms with Crippen LogP contribution in [0.1, 0.15) is 16.2 Å². The summed E-state index contributed by atoms with van der Waals surface area (Å²) in [7, 11) is 3.87. The van der Waals surface area contributed by atoms with Gasteiger partial charge in [0.2, 0.25) is 0 Å². The van der Waals surface area contributed by atoms with Crippen molar-refractivity contribution in [3.63, 3.8) is 0 Å². The van der Waals surface area contributed by atoms with Crippen LogP contribution < -0.4 is 10.0 Å². The Morgan fingerprint density at radius 1 is 1.53 bits per heavy atom. The number of aromatic carboxylic acids is 1. The molecule has 0 fully saturated rings. The molecule has 0 saturated carbocycles. The molecule has 0 spiro atoms. The summed E-state index contributed by atoms with van der Waals surface area (Å²) in [6.45, 7) is 0.533. The third-order valence-electron chi connectivity index (χ3n) is 2.40. The van der Waals surface area contributed by atoms with Gasteiger partial charge in [-0.3, -0.25) is 4.40 Å². The second-order valence-electron chi connectivity index (χ2n) is 4.15. The lowest BCUT2D eigenvalue weighted by Crippen LogP contribution is -3.04. The van der Waals surface area contributed by atoms with Gasteiger partial charge < -0.3 is 14.8 Å². The van der Waals surface area contributed by atoms with E-state index in [-0.39, 0.29) is 5.69 Å². The second-order valence-corrected chi connectivity index (χ2v) is 4.59. The Morgan fingerprint density at radius 3 is 2.82 bits per heavy atom. The predicted octanol–water partition coefficient (Wildman–Crippen LogP) is -1.00. The molecule has 6 heteroatoms. The Hall–Kier alpha value is -1.59. The minimum absolute atomic E-state index is 0.0199. The van der Waals surface area contributed by atoms with Crippen molar-refractivity contribution in [1.29, 1.82) is 0 Å². The van der Waals surface area contributed by atoms with Crippen LogP contribution in [0.3, 0.4) is 0 Å². The first-order chi connectivity index (χ1) is 7.99. The maximum Gasteiger partial charge on any atom is 0.137 e. The van der Waals surface area contributed by atoms with Gasteiger partial charge in [0.15, 0.2) is 0 Å². The zero-order valence-electron chi connectivity index (χ0n) is 9.53. The molecular weight excluding hydrogens is 242 g/mol. The summed E-state index contributed by atoms with van der Waals surface area (Å²) in [6, 6.07) is 3.36. The van der Waals surface area contributed by atoms with E-state index in [1.165, 1.54) is 0 Å². The quantitative estimate of drug-likeness (QED) is 0.763. The van der Waals surface area contributed by atoms with E-state index in [4.69, 9.17) is 11.6 Å². The molecule has 0 saturated heterocycles. The third-order valence-corrected chi connectivity index (χ3v) is 2.62. The highest BCUT2D eigenvalue weighted by atomic mass is 35.5. The van der Waals surface area contributed by atoms with E-state index in [2.05, 4.69) is 4.98 Å². The summed E-state index contributed by atoms with van der Waals surface area (Å²) in [5.74, 6) is -1.26. The number of nitrogens with one attached hydrogen (secondary N) is 1. The fraction of sp³-hybridized carbons (Fsp3) is 0.273. The van der Waals surface area contributed by atoms with Crippen LogP contribution in [0.25, 0.3) is 5.65 Å². The first-order valence-corrected chi connectivity index (χ1v) is 5.53. The molecule has 0 aliphatic rings. The highest BCUT2D eigenvalue weighted by Crippen LogP contribution is 2.15. The van der Waals surface area contributed by atoms with Gasteiger partial charge >= 0.3 is 0 Å². The molecule has 2 rings (SSSR count). The molecule has 0 aromatic carbocycles. The lowest BCUT2D eigenvalue weighted by Gasteiger charge is -2.09. The largest absolute Gasteiger partial charge is 0.543 e. The van der Waals surface area contributed by atoms with Crippen molar-refractivity contribution in [1.82, 2.24) is 9.38 Å². The number of rotatable bonds is 3. The summed E-state index contributed by atoms with van der Waals surface area (Å²) in [5.41, 5.74) is 1.14. The maximum atomic E-state index is 11.0. The SMILES string of the molecule is C[NH+](C)Cc1c(C(=O)[O-])nc2ccc(Cl)cn12. The fourth-order valence-electron chi connectivity index (χ4n) is 1.73. The summed E-state index contributed by atoms with van der Waals surface area (Å²) in [5, 5.41) is 11.6. The number of carbonyl (C=O) groups excluding carboxylic acids is 1. The minimum atomic E-state index is -1.26. The fourth-order valence-corrected chi connectivity index (χ4v) is 1.90. The van der Waals surface area contributed by atoms with Crippen LogP contribution in [-0.4, -0.2) is 29.4 Å². The molecule has 17 heavy (non-hydrogen) atoms. The normalized spacial score (nSPS) is 11.3. The number of carbonyl (C=O) groups is 1. The number of quaternary nitrogens is 1. The van der Waals surface area contributed by atoms with Crippen molar-refractivity contribution in [3.05, 3.63) is 34.7 Å². The van der Waals surface area contributed by atoms with E-state index < -0.39 is 5.97 Å². The number of carboxylic acid groups (broad SMARTS) is 1. The molecule has 2 aromatic heterocycles. The van der Waals surface area contributed by atoms with Crippen LogP contribution >= 0.6 is 11.6 Å². The number of aromatic nitrogens is 2. The van der Waals surface area contributed by atoms with Gasteiger partial charge in [-0.1, -0.05) is 11.6 Å². The van der Waals surface area contributed by atoms with Gasteiger partial charge in [0, 0.05) is 6.20 Å². The average Bonchev–Trinajstić information content (AvgIpc) is 2.56. The van der Waals surface area contributed by atoms with E-state index in [1.807, 2.05) is 14.1 Å². The van der Waals surface area contributed by atoms with Gasteiger partial charge in [-0.15, -0.1) is 0 Å². The Balaban J connectivity index is 2.68. The summed E-state index contributed by atoms with van der Waals surface area (Å²) in [4.78, 5) is 16.2. The van der Waals surface area contributed by atoms with Crippen molar-refractivity contribution in [2.75, 3.05) is 14.1 Å². The Morgan fingerprint density at radius 2 is 2.24 bits per heavy atom. The van der Waals surface area contributed by atoms with Crippen LogP contribution in [0.2, 0.25) is 5.02 Å². The van der Waals surface area contributed by atoms with Crippen molar-refractivity contribution < 1.29 is 14.8 Å². The summed E-state index contributed by atoms with van der Waals surface area (Å²) in [6.07, 6.45) is 1.66. The number of carboxylic acids is 1. The molecule has 0 radical (unpaired) electrons. The summed E-state index contributed by atoms with van der Waals surface area (Å²) >= 11 is 5.90. The van der Waals surface area contributed by atoms with Crippen molar-refractivity contribution in [3.8, 4) is 0 Å². The van der Waals surface area contributed by atoms with E-state index in [1.54, 1.807) is 22.7 Å². The molecule has 5 nitrogen and oxygen atoms in total. The molecule has 90 valence electrons. The monoisotopic (exact) mass is 253 g/mol. The number of hydrogen-bond acceptors (Lipinski definition) is 3. The zero-order valence-corrected chi connectivity index (χ0v) is 10.3. The number of hydrogen-bond donors (Lipinski definition) is 1. The second kappa shape index (κ2) is 4.35. The Kier molecular flexibility index (Phi) is 3.04. The first kappa shape index (κ1) is 11.9. The van der Waals surface area contributed by atoms with Crippen LogP contribution in [0.5, 0.6) is 0 Å². The van der Waals surface area contributed by atoms with Gasteiger partial charge in [0.1, 0.15) is 23.6 Å². The first-order valence-electron chi connectivity index (χ1n) is 5.16. The van der Waals surface area contributed by atoms with Gasteiger partial charge in [0.05, 0.1) is 25.1 Å². The van der Waals surface area contributed by atoms with Gasteiger partial charge in [-0.05, 0) is 12.1 Å². The van der Waals surface area contributed by atoms with Crippen LogP contribution in [0, 0.1) is 0 Å². The maximum absolute atomic E-state index is 11.0. The lowest BCUT2D eigenvalue weighted by molar-refractivity contribution is -0.873. The molecule has 0 bridgehead atoms. The third kappa shape index (κ3) is 2.25. The summed E-state index contributed by atoms with van der Waals surface area (Å²) < 4.78 is 1.69. The molecule has 2 aromatic rings. The van der Waals surface area contributed by atoms with Crippen molar-refractivity contribution in [2.24, 2.45) is 0 Å². The zero-order chi connectivity index (χ0) is 12.6. The van der Waals surface area contributed by atoms with E-state index in [9.17, 15) is 9.90 Å². The number of imidazole rings is 1. The molecule has 0 aliphatic carbocycles. The van der Waals surface area contributed by atoms with Crippen molar-refractivity contribution in [2.45, 2.75) is 6.54 Å². The number of fused-ring (bicyclic) bond motifs is 1. The highest BCUT2D eigenvalue weighted by Gasteiger charge is 2.15. The van der Waals surface area contributed by atoms with E-state index >= 15 is 0 Å². The van der Waals surface area contributed by atoms with Crippen LogP contribution in [-0.2, 0) is 6.54 Å². The Labute approximate surface area is 103 Å². The smallest absolute Gasteiger partial charge is 0.137 e. The van der Waals surface area contributed by atoms with Gasteiger partial charge in [-0.25, -0.2) is 4.98 Å². The number of nitrogens with zero attached hydrogens (tertiary/aromatic N) is 2. The number of halogens is 1. The topological polar surface area (TPSA) is 61.9 Å².